The number of amides is 12. The third kappa shape index (κ3) is 24.0. The molecular weight excluding hydrogens is 1250 g/mol. The smallest absolute Gasteiger partial charge is 0.326 e. The van der Waals surface area contributed by atoms with Crippen molar-refractivity contribution in [1.82, 2.24) is 55.1 Å². The number of carbonyl (C=O) groups is 11. The highest BCUT2D eigenvalue weighted by Crippen LogP contribution is 2.33. The molecule has 2 aliphatic rings. The topological polar surface area (TPSA) is 318 Å². The molecule has 0 bridgehead atoms. The number of likely N-dealkylation sites (N-methyl/N-ethyl adjacent to an activating group) is 5. The first-order chi connectivity index (χ1) is 45.9. The van der Waals surface area contributed by atoms with E-state index in [4.69, 9.17) is 10.5 Å². The van der Waals surface area contributed by atoms with Gasteiger partial charge in [-0.25, -0.2) is 4.79 Å². The van der Waals surface area contributed by atoms with Gasteiger partial charge in [0.15, 0.2) is 5.66 Å². The summed E-state index contributed by atoms with van der Waals surface area (Å²) in [7, 11) is 8.48. The summed E-state index contributed by atoms with van der Waals surface area (Å²) in [4.78, 5) is 173. The van der Waals surface area contributed by atoms with Crippen LogP contribution in [0.15, 0.2) is 65.7 Å². The second-order valence-electron chi connectivity index (χ2n) is 28.7. The Labute approximate surface area is 581 Å². The van der Waals surface area contributed by atoms with Crippen LogP contribution in [0.1, 0.15) is 152 Å². The molecule has 1 fully saturated rings. The first-order valence-electron chi connectivity index (χ1n) is 34.7. The number of carbonyl (C=O) groups excluding carboxylic acids is 11. The second-order valence-corrected chi connectivity index (χ2v) is 28.7. The minimum absolute atomic E-state index is 0.00211. The number of unbranched alkanes of at least 4 members (excludes halogenated alkanes) is 2. The highest BCUT2D eigenvalue weighted by atomic mass is 16.5. The maximum absolute atomic E-state index is 15.3. The number of hydrogen-bond donors (Lipinski definition) is 5. The molecule has 26 heteroatoms. The third-order valence-electron chi connectivity index (χ3n) is 18.2. The summed E-state index contributed by atoms with van der Waals surface area (Å²) in [5.41, 5.74) is 6.03. The van der Waals surface area contributed by atoms with Crippen LogP contribution >= 0.6 is 0 Å². The maximum atomic E-state index is 15.3. The van der Waals surface area contributed by atoms with Gasteiger partial charge in [0.2, 0.25) is 59.1 Å². The molecule has 26 nitrogen and oxygen atoms in total. The first kappa shape index (κ1) is 82.6. The van der Waals surface area contributed by atoms with E-state index in [1.165, 1.54) is 68.7 Å². The van der Waals surface area contributed by atoms with Gasteiger partial charge in [0.05, 0.1) is 37.3 Å². The normalized spacial score (nSPS) is 17.2. The van der Waals surface area contributed by atoms with E-state index in [9.17, 15) is 53.1 Å². The summed E-state index contributed by atoms with van der Waals surface area (Å²) in [5.74, 6) is -7.13. The van der Waals surface area contributed by atoms with Crippen LogP contribution in [-0.2, 0) is 65.5 Å². The number of aliphatic imine (C=N–C) groups is 1. The Bertz CT molecular complexity index is 3040. The standard InChI is InChI=1S/C72H115N13O13/c1-19-20-28-37-85(43-59(88)79(14)57(40-52-33-26-22-27-34-52)67(94)80(15)55(38-46(2)3)63(90)75-54(44-98-71(10,11)12)66(93)83(18)72(45-74-72)42-47(4)5)69(96)61(50(9)86)77-62(89)49(8)78(13)68(95)60(48(6)7)76-64(91)56(39-51-31-24-21-25-32-51)81(16)70(97)82(17)58(87)41-53(73)65(92)84-35-29-23-30-36-84/h21-22,24-27,31-34,45-50,53-57,60-61,86H,19-20,23,28-30,35-44,73H2,1-18H3,(H,75,90)(H,76,91)(H,77,89)/t49-,50+,53-,54-,55-,56-,57-,60-,61-,72-/m0/s1. The van der Waals surface area contributed by atoms with Crippen LogP contribution in [0.25, 0.3) is 0 Å². The number of aliphatic hydroxyl groups is 1. The SMILES string of the molecule is CCCCCN(CC(=O)N(C)[C@@H](Cc1ccccc1)C(=O)N(C)[C@@H](CC(C)C)C(=O)N[C@@H](COC(C)(C)C)C(=O)N(C)[C@@]1(CC(C)C)C=N1)C(=O)[C@@H](NC(=O)[C@H](C)N(C)C(=O)[C@@H](NC(=O)[C@H](Cc1ccccc1)N(C)C(=O)N(C)C(=O)C[C@H](N)C(=O)N1CCCCC1)C(C)C)[C@@H](C)O. The molecule has 0 radical (unpaired) electrons. The summed E-state index contributed by atoms with van der Waals surface area (Å²) < 4.78 is 6.11. The number of hydrogen-bond acceptors (Lipinski definition) is 15. The molecule has 10 atom stereocenters. The van der Waals surface area contributed by atoms with Gasteiger partial charge in [-0.1, -0.05) is 122 Å². The van der Waals surface area contributed by atoms with Gasteiger partial charge in [-0.05, 0) is 102 Å². The summed E-state index contributed by atoms with van der Waals surface area (Å²) >= 11 is 0. The Hall–Kier alpha value is -7.84. The van der Waals surface area contributed by atoms with E-state index in [2.05, 4.69) is 20.9 Å². The summed E-state index contributed by atoms with van der Waals surface area (Å²) in [6, 6.07) is 6.64. The van der Waals surface area contributed by atoms with Crippen LogP contribution in [0.2, 0.25) is 0 Å². The third-order valence-corrected chi connectivity index (χ3v) is 18.2. The van der Waals surface area contributed by atoms with E-state index in [0.717, 1.165) is 40.4 Å². The van der Waals surface area contributed by atoms with Crippen LogP contribution in [-0.4, -0.2) is 256 Å². The first-order valence-corrected chi connectivity index (χ1v) is 34.7. The van der Waals surface area contributed by atoms with Gasteiger partial charge >= 0.3 is 6.03 Å². The fourth-order valence-corrected chi connectivity index (χ4v) is 11.8. The van der Waals surface area contributed by atoms with Crippen molar-refractivity contribution in [3.05, 3.63) is 71.8 Å². The number of nitrogens with two attached hydrogens (primary N) is 1. The molecule has 0 aromatic heterocycles. The molecule has 0 aliphatic carbocycles. The van der Waals surface area contributed by atoms with Crippen molar-refractivity contribution < 1.29 is 62.6 Å². The quantitative estimate of drug-likeness (QED) is 0.0597. The van der Waals surface area contributed by atoms with Gasteiger partial charge in [0.1, 0.15) is 42.3 Å². The molecule has 6 N–H and O–H groups in total. The molecule has 546 valence electrons. The van der Waals surface area contributed by atoms with E-state index in [-0.39, 0.29) is 50.2 Å². The van der Waals surface area contributed by atoms with Crippen LogP contribution in [0, 0.1) is 17.8 Å². The Morgan fingerprint density at radius 1 is 0.633 bits per heavy atom. The highest BCUT2D eigenvalue weighted by Gasteiger charge is 2.47. The molecule has 1 saturated heterocycles. The number of aliphatic hydroxyl groups excluding tert-OH is 1. The lowest BCUT2D eigenvalue weighted by atomic mass is 9.98. The second kappa shape index (κ2) is 37.9. The molecule has 2 heterocycles. The van der Waals surface area contributed by atoms with Crippen molar-refractivity contribution in [1.29, 1.82) is 0 Å². The number of rotatable bonds is 36. The fraction of sp³-hybridized carbons (Fsp3) is 0.667. The van der Waals surface area contributed by atoms with Gasteiger partial charge in [-0.3, -0.25) is 57.8 Å². The van der Waals surface area contributed by atoms with E-state index in [1.54, 1.807) is 86.6 Å². The Morgan fingerprint density at radius 3 is 1.67 bits per heavy atom. The van der Waals surface area contributed by atoms with E-state index in [1.807, 2.05) is 61.5 Å². The molecule has 0 unspecified atom stereocenters. The highest BCUT2D eigenvalue weighted by molar-refractivity contribution is 6.01. The summed E-state index contributed by atoms with van der Waals surface area (Å²) in [6.45, 7) is 21.7. The van der Waals surface area contributed by atoms with Crippen molar-refractivity contribution in [2.75, 3.05) is 75.1 Å². The number of nitrogens with one attached hydrogen (secondary N) is 3. The average Bonchev–Trinajstić information content (AvgIpc) is 1.61. The van der Waals surface area contributed by atoms with Crippen LogP contribution in [0.4, 0.5) is 4.79 Å². The fourth-order valence-electron chi connectivity index (χ4n) is 11.8. The maximum Gasteiger partial charge on any atom is 0.326 e. The Balaban J connectivity index is 1.58. The van der Waals surface area contributed by atoms with Crippen molar-refractivity contribution >= 4 is 71.3 Å². The molecule has 2 aromatic carbocycles. The molecule has 2 aromatic rings. The van der Waals surface area contributed by atoms with E-state index < -0.39 is 144 Å². The summed E-state index contributed by atoms with van der Waals surface area (Å²) in [6.07, 6.45) is 4.84. The Kier molecular flexibility index (Phi) is 32.0. The van der Waals surface area contributed by atoms with Gasteiger partial charge in [-0.15, -0.1) is 0 Å². The lowest BCUT2D eigenvalue weighted by molar-refractivity contribution is -0.151. The van der Waals surface area contributed by atoms with Gasteiger partial charge in [0, 0.05) is 81.0 Å². The zero-order chi connectivity index (χ0) is 73.7. The largest absolute Gasteiger partial charge is 0.391 e. The van der Waals surface area contributed by atoms with Crippen LogP contribution in [0.5, 0.6) is 0 Å². The predicted octanol–water partition coefficient (Wildman–Crippen LogP) is 4.24. The lowest BCUT2D eigenvalue weighted by Gasteiger charge is -2.37. The number of imide groups is 1. The van der Waals surface area contributed by atoms with Gasteiger partial charge < -0.3 is 65.8 Å². The number of urea groups is 1. The van der Waals surface area contributed by atoms with Crippen molar-refractivity contribution in [2.45, 2.75) is 219 Å². The van der Waals surface area contributed by atoms with Gasteiger partial charge in [-0.2, -0.15) is 0 Å². The molecule has 0 saturated carbocycles. The monoisotopic (exact) mass is 1370 g/mol. The van der Waals surface area contributed by atoms with Crippen molar-refractivity contribution in [2.24, 2.45) is 28.5 Å². The predicted molar refractivity (Wildman–Crippen MR) is 375 cm³/mol. The minimum atomic E-state index is -1.65. The van der Waals surface area contributed by atoms with E-state index in [0.29, 0.717) is 43.5 Å². The summed E-state index contributed by atoms with van der Waals surface area (Å²) in [5, 5.41) is 19.7. The van der Waals surface area contributed by atoms with Crippen molar-refractivity contribution in [3.8, 4) is 0 Å². The number of likely N-dealkylation sites (tertiary alicyclic amines) is 1. The van der Waals surface area contributed by atoms with Crippen LogP contribution < -0.4 is 21.7 Å². The van der Waals surface area contributed by atoms with E-state index >= 15 is 4.79 Å². The molecule has 12 amide bonds. The number of benzene rings is 2. The molecule has 0 spiro atoms. The zero-order valence-corrected chi connectivity index (χ0v) is 61.5. The lowest BCUT2D eigenvalue weighted by Crippen LogP contribution is -2.61. The minimum Gasteiger partial charge on any atom is -0.391 e. The molecule has 2 aliphatic heterocycles. The number of piperidine rings is 1. The van der Waals surface area contributed by atoms with Crippen LogP contribution in [0.3, 0.4) is 0 Å². The molecular formula is C72H115N13O13. The molecule has 98 heavy (non-hydrogen) atoms. The van der Waals surface area contributed by atoms with Gasteiger partial charge in [0.25, 0.3) is 0 Å². The zero-order valence-electron chi connectivity index (χ0n) is 61.5. The Morgan fingerprint density at radius 2 is 1.17 bits per heavy atom. The average molecular weight is 1370 g/mol. The number of nitrogens with zero attached hydrogens (tertiary/aromatic N) is 9. The number of ether oxygens (including phenoxy) is 1. The van der Waals surface area contributed by atoms with Crippen molar-refractivity contribution in [3.63, 3.8) is 0 Å². The molecule has 4 rings (SSSR count).